The molecule has 0 bridgehead atoms. The van der Waals surface area contributed by atoms with Gasteiger partial charge in [-0.1, -0.05) is 20.8 Å². The maximum absolute atomic E-state index is 13.9. The molecule has 1 saturated heterocycles. The zero-order chi connectivity index (χ0) is 25.2. The van der Waals surface area contributed by atoms with E-state index in [0.29, 0.717) is 32.4 Å². The Kier molecular flexibility index (Phi) is 11.2. The average Bonchev–Trinajstić information content (AvgIpc) is 3.17. The Labute approximate surface area is 195 Å². The maximum Gasteiger partial charge on any atom is 0.248 e. The summed E-state index contributed by atoms with van der Waals surface area (Å²) < 4.78 is 0. The first-order valence-corrected chi connectivity index (χ1v) is 11.4. The van der Waals surface area contributed by atoms with Crippen LogP contribution in [-0.2, 0) is 19.2 Å². The topological polar surface area (TPSA) is 212 Å². The first kappa shape index (κ1) is 28.3. The van der Waals surface area contributed by atoms with E-state index < -0.39 is 41.1 Å². The molecule has 0 aromatic carbocycles. The van der Waals surface area contributed by atoms with E-state index in [9.17, 15) is 19.2 Å². The smallest absolute Gasteiger partial charge is 0.248 e. The first-order valence-electron chi connectivity index (χ1n) is 11.4. The number of guanidine groups is 1. The summed E-state index contributed by atoms with van der Waals surface area (Å²) in [6.07, 6.45) is 1.96. The van der Waals surface area contributed by atoms with E-state index in [4.69, 9.17) is 22.9 Å². The number of ketones is 1. The number of carbonyl (C=O) groups is 4. The summed E-state index contributed by atoms with van der Waals surface area (Å²) in [6.45, 7) is 6.59. The fraction of sp³-hybridized carbons (Fsp3) is 0.762. The van der Waals surface area contributed by atoms with Crippen LogP contribution in [0.25, 0.3) is 0 Å². The number of primary amides is 1. The van der Waals surface area contributed by atoms with E-state index in [2.05, 4.69) is 15.6 Å². The summed E-state index contributed by atoms with van der Waals surface area (Å²) in [7, 11) is 0. The molecule has 188 valence electrons. The van der Waals surface area contributed by atoms with Crippen molar-refractivity contribution in [3.05, 3.63) is 0 Å². The van der Waals surface area contributed by atoms with E-state index in [1.54, 1.807) is 4.90 Å². The molecule has 33 heavy (non-hydrogen) atoms. The Morgan fingerprint density at radius 2 is 1.82 bits per heavy atom. The van der Waals surface area contributed by atoms with Gasteiger partial charge in [0, 0.05) is 6.54 Å². The molecular formula is C21H40N8O4. The van der Waals surface area contributed by atoms with E-state index >= 15 is 0 Å². The molecule has 12 nitrogen and oxygen atoms in total. The zero-order valence-corrected chi connectivity index (χ0v) is 19.9. The third-order valence-corrected chi connectivity index (χ3v) is 5.73. The summed E-state index contributed by atoms with van der Waals surface area (Å²) in [5, 5.41) is 5.23. The van der Waals surface area contributed by atoms with Crippen molar-refractivity contribution in [2.24, 2.45) is 33.8 Å². The Hall–Kier alpha value is -2.73. The van der Waals surface area contributed by atoms with Gasteiger partial charge in [0.25, 0.3) is 0 Å². The van der Waals surface area contributed by atoms with Crippen molar-refractivity contribution < 1.29 is 19.2 Å². The molecule has 0 spiro atoms. The number of Topliss-reactive ketones (excluding diaryl/α,β-unsaturated/α-hetero) is 1. The Morgan fingerprint density at radius 1 is 1.15 bits per heavy atom. The summed E-state index contributed by atoms with van der Waals surface area (Å²) in [5.74, 6) is -2.10. The number of likely N-dealkylation sites (N-methyl/N-ethyl adjacent to an activating group) is 1. The summed E-state index contributed by atoms with van der Waals surface area (Å²) in [4.78, 5) is 56.7. The van der Waals surface area contributed by atoms with Gasteiger partial charge in [-0.15, -0.1) is 0 Å². The second kappa shape index (κ2) is 13.1. The minimum Gasteiger partial charge on any atom is -0.370 e. The fourth-order valence-electron chi connectivity index (χ4n) is 4.22. The van der Waals surface area contributed by atoms with Gasteiger partial charge in [0.2, 0.25) is 17.7 Å². The van der Waals surface area contributed by atoms with Crippen molar-refractivity contribution >= 4 is 29.5 Å². The second-order valence-electron chi connectivity index (χ2n) is 8.80. The van der Waals surface area contributed by atoms with Gasteiger partial charge in [0.05, 0.1) is 18.6 Å². The number of carbonyl (C=O) groups excluding carboxylic acids is 4. The average molecular weight is 469 g/mol. The second-order valence-corrected chi connectivity index (χ2v) is 8.80. The van der Waals surface area contributed by atoms with Crippen LogP contribution in [0, 0.1) is 5.92 Å². The van der Waals surface area contributed by atoms with Crippen molar-refractivity contribution in [1.82, 2.24) is 15.5 Å². The molecule has 12 heteroatoms. The number of hydrogen-bond donors (Lipinski definition) is 6. The van der Waals surface area contributed by atoms with Crippen LogP contribution < -0.4 is 33.6 Å². The maximum atomic E-state index is 13.9. The van der Waals surface area contributed by atoms with Gasteiger partial charge in [0.1, 0.15) is 0 Å². The molecule has 0 aromatic heterocycles. The Bertz CT molecular complexity index is 738. The lowest BCUT2D eigenvalue weighted by molar-refractivity contribution is -0.146. The van der Waals surface area contributed by atoms with Gasteiger partial charge >= 0.3 is 0 Å². The van der Waals surface area contributed by atoms with Gasteiger partial charge in [-0.2, -0.15) is 0 Å². The van der Waals surface area contributed by atoms with Gasteiger partial charge < -0.3 is 33.6 Å². The highest BCUT2D eigenvalue weighted by Gasteiger charge is 2.54. The molecule has 1 heterocycles. The van der Waals surface area contributed by atoms with Crippen LogP contribution in [0.3, 0.4) is 0 Å². The number of aliphatic imine (C=N–C) groups is 1. The molecule has 0 aromatic rings. The zero-order valence-electron chi connectivity index (χ0n) is 19.9. The van der Waals surface area contributed by atoms with E-state index in [1.807, 2.05) is 20.8 Å². The third-order valence-electron chi connectivity index (χ3n) is 5.73. The molecule has 1 fully saturated rings. The highest BCUT2D eigenvalue weighted by atomic mass is 16.2. The standard InChI is InChI=1S/C21H40N8O4/c1-4-29-10-6-8-21(29,19(33)27-12-16(23)30)17(31)15(7-5-9-26-20(24)25)28-18(32)14(22)11-13(2)3/h13-15H,4-12,22H2,1-3H3,(H2,23,30)(H,27,33)(H,28,32)(H4,24,25,26)/t14?,15-,21+/m0/s1. The number of hydrogen-bond acceptors (Lipinski definition) is 7. The van der Waals surface area contributed by atoms with Crippen molar-refractivity contribution in [2.45, 2.75) is 70.5 Å². The molecular weight excluding hydrogens is 428 g/mol. The van der Waals surface area contributed by atoms with Gasteiger partial charge in [0.15, 0.2) is 17.3 Å². The van der Waals surface area contributed by atoms with Crippen LogP contribution in [0.15, 0.2) is 4.99 Å². The number of nitrogens with two attached hydrogens (primary N) is 4. The lowest BCUT2D eigenvalue weighted by atomic mass is 9.83. The number of rotatable bonds is 14. The molecule has 1 rings (SSSR count). The minimum absolute atomic E-state index is 0.0730. The van der Waals surface area contributed by atoms with E-state index in [1.165, 1.54) is 0 Å². The normalized spacial score (nSPS) is 20.2. The monoisotopic (exact) mass is 468 g/mol. The van der Waals surface area contributed by atoms with Crippen molar-refractivity contribution in [2.75, 3.05) is 26.2 Å². The molecule has 0 aliphatic carbocycles. The summed E-state index contributed by atoms with van der Waals surface area (Å²) in [6, 6.07) is -1.76. The Morgan fingerprint density at radius 3 is 2.36 bits per heavy atom. The van der Waals surface area contributed by atoms with Gasteiger partial charge in [-0.25, -0.2) is 0 Å². The van der Waals surface area contributed by atoms with Crippen molar-refractivity contribution in [3.63, 3.8) is 0 Å². The lowest BCUT2D eigenvalue weighted by Crippen LogP contribution is -2.66. The molecule has 1 unspecified atom stereocenters. The SMILES string of the molecule is CCN1CCC[C@]1(C(=O)NCC(N)=O)C(=O)[C@H](CCCN=C(N)N)NC(=O)C(N)CC(C)C. The molecule has 10 N–H and O–H groups in total. The first-order chi connectivity index (χ1) is 15.4. The van der Waals surface area contributed by atoms with Crippen LogP contribution in [0.2, 0.25) is 0 Å². The van der Waals surface area contributed by atoms with Crippen LogP contribution in [-0.4, -0.2) is 78.2 Å². The fourth-order valence-corrected chi connectivity index (χ4v) is 4.22. The quantitative estimate of drug-likeness (QED) is 0.0718. The lowest BCUT2D eigenvalue weighted by Gasteiger charge is -2.38. The van der Waals surface area contributed by atoms with E-state index in [-0.39, 0.29) is 37.8 Å². The van der Waals surface area contributed by atoms with Crippen LogP contribution in [0.1, 0.15) is 52.9 Å². The van der Waals surface area contributed by atoms with Crippen molar-refractivity contribution in [3.8, 4) is 0 Å². The van der Waals surface area contributed by atoms with Crippen LogP contribution in [0.5, 0.6) is 0 Å². The molecule has 0 radical (unpaired) electrons. The predicted octanol–water partition coefficient (Wildman–Crippen LogP) is -2.08. The summed E-state index contributed by atoms with van der Waals surface area (Å²) >= 11 is 0. The molecule has 1 aliphatic heterocycles. The third kappa shape index (κ3) is 7.97. The van der Waals surface area contributed by atoms with Gasteiger partial charge in [-0.05, 0) is 51.1 Å². The van der Waals surface area contributed by atoms with E-state index in [0.717, 1.165) is 0 Å². The highest BCUT2D eigenvalue weighted by Crippen LogP contribution is 2.32. The summed E-state index contributed by atoms with van der Waals surface area (Å²) in [5.41, 5.74) is 20.4. The molecule has 3 amide bonds. The number of nitrogens with one attached hydrogen (secondary N) is 2. The van der Waals surface area contributed by atoms with Crippen LogP contribution >= 0.6 is 0 Å². The molecule has 3 atom stereocenters. The predicted molar refractivity (Wildman–Crippen MR) is 126 cm³/mol. The van der Waals surface area contributed by atoms with Crippen molar-refractivity contribution in [1.29, 1.82) is 0 Å². The molecule has 0 saturated carbocycles. The number of likely N-dealkylation sites (tertiary alicyclic amines) is 1. The minimum atomic E-state index is -1.51. The molecule has 1 aliphatic rings. The Balaban J connectivity index is 3.21. The highest BCUT2D eigenvalue weighted by molar-refractivity contribution is 6.14. The van der Waals surface area contributed by atoms with Gasteiger partial charge in [-0.3, -0.25) is 29.1 Å². The largest absolute Gasteiger partial charge is 0.370 e. The number of nitrogens with zero attached hydrogens (tertiary/aromatic N) is 2. The van der Waals surface area contributed by atoms with Crippen LogP contribution in [0.4, 0.5) is 0 Å². The number of amides is 3.